The standard InChI is InChI=1S/C22H25FN4O2S/c1-25(22-24-18-5-3-4-6-20(18)30-22)21(28)15-27-11-9-26(10-12-27)14-16-13-17(23)7-8-19(16)29-2/h3-8,13H,9-12,14-15H2,1-2H3. The summed E-state index contributed by atoms with van der Waals surface area (Å²) in [7, 11) is 3.38. The first-order chi connectivity index (χ1) is 14.5. The van der Waals surface area contributed by atoms with E-state index in [9.17, 15) is 9.18 Å². The van der Waals surface area contributed by atoms with Gasteiger partial charge in [-0.2, -0.15) is 0 Å². The molecule has 3 aromatic rings. The highest BCUT2D eigenvalue weighted by Crippen LogP contribution is 2.28. The molecule has 158 valence electrons. The average Bonchev–Trinajstić information content (AvgIpc) is 3.19. The van der Waals surface area contributed by atoms with Crippen LogP contribution in [0.5, 0.6) is 5.75 Å². The van der Waals surface area contributed by atoms with Gasteiger partial charge in [0.1, 0.15) is 11.6 Å². The zero-order valence-corrected chi connectivity index (χ0v) is 18.0. The first-order valence-electron chi connectivity index (χ1n) is 9.93. The molecule has 30 heavy (non-hydrogen) atoms. The Morgan fingerprint density at radius 2 is 1.90 bits per heavy atom. The van der Waals surface area contributed by atoms with Crippen molar-refractivity contribution in [2.75, 3.05) is 51.8 Å². The molecule has 2 aromatic carbocycles. The number of aromatic nitrogens is 1. The number of para-hydroxylation sites is 1. The van der Waals surface area contributed by atoms with Gasteiger partial charge in [0.05, 0.1) is 23.9 Å². The maximum absolute atomic E-state index is 13.6. The van der Waals surface area contributed by atoms with Gasteiger partial charge in [0, 0.05) is 45.3 Å². The highest BCUT2D eigenvalue weighted by atomic mass is 32.1. The van der Waals surface area contributed by atoms with Crippen molar-refractivity contribution in [1.82, 2.24) is 14.8 Å². The van der Waals surface area contributed by atoms with E-state index in [1.54, 1.807) is 25.1 Å². The van der Waals surface area contributed by atoms with Gasteiger partial charge in [0.15, 0.2) is 5.13 Å². The quantitative estimate of drug-likeness (QED) is 0.603. The van der Waals surface area contributed by atoms with Crippen LogP contribution in [0.15, 0.2) is 42.5 Å². The van der Waals surface area contributed by atoms with Gasteiger partial charge in [-0.15, -0.1) is 0 Å². The van der Waals surface area contributed by atoms with E-state index in [4.69, 9.17) is 4.74 Å². The lowest BCUT2D eigenvalue weighted by Crippen LogP contribution is -2.49. The number of carbonyl (C=O) groups is 1. The molecule has 8 heteroatoms. The zero-order chi connectivity index (χ0) is 21.1. The number of benzene rings is 2. The minimum atomic E-state index is -0.257. The molecular formula is C22H25FN4O2S. The summed E-state index contributed by atoms with van der Waals surface area (Å²) in [6.07, 6.45) is 0. The van der Waals surface area contributed by atoms with Crippen molar-refractivity contribution in [3.8, 4) is 5.75 Å². The van der Waals surface area contributed by atoms with E-state index in [-0.39, 0.29) is 11.7 Å². The number of anilines is 1. The molecule has 1 aromatic heterocycles. The average molecular weight is 429 g/mol. The monoisotopic (exact) mass is 428 g/mol. The maximum atomic E-state index is 13.6. The van der Waals surface area contributed by atoms with E-state index < -0.39 is 0 Å². The van der Waals surface area contributed by atoms with Crippen LogP contribution in [0, 0.1) is 5.82 Å². The Morgan fingerprint density at radius 1 is 1.17 bits per heavy atom. The molecule has 1 amide bonds. The van der Waals surface area contributed by atoms with Crippen LogP contribution in [0.2, 0.25) is 0 Å². The Bertz CT molecular complexity index is 1000. The normalized spacial score (nSPS) is 15.4. The lowest BCUT2D eigenvalue weighted by molar-refractivity contribution is -0.119. The summed E-state index contributed by atoms with van der Waals surface area (Å²) in [6, 6.07) is 12.5. The van der Waals surface area contributed by atoms with E-state index in [1.165, 1.54) is 23.5 Å². The summed E-state index contributed by atoms with van der Waals surface area (Å²) in [6.45, 7) is 4.21. The van der Waals surface area contributed by atoms with Gasteiger partial charge in [-0.05, 0) is 30.3 Å². The van der Waals surface area contributed by atoms with E-state index in [1.807, 2.05) is 24.3 Å². The molecule has 1 fully saturated rings. The second-order valence-corrected chi connectivity index (χ2v) is 8.43. The number of ether oxygens (including phenoxy) is 1. The van der Waals surface area contributed by atoms with Gasteiger partial charge >= 0.3 is 0 Å². The van der Waals surface area contributed by atoms with E-state index in [0.29, 0.717) is 18.8 Å². The van der Waals surface area contributed by atoms with Gasteiger partial charge in [-0.25, -0.2) is 9.37 Å². The van der Waals surface area contributed by atoms with Crippen molar-refractivity contribution in [3.63, 3.8) is 0 Å². The van der Waals surface area contributed by atoms with Crippen LogP contribution in [-0.4, -0.2) is 67.6 Å². The van der Waals surface area contributed by atoms with Crippen LogP contribution in [0.1, 0.15) is 5.56 Å². The lowest BCUT2D eigenvalue weighted by Gasteiger charge is -2.35. The fourth-order valence-electron chi connectivity index (χ4n) is 3.62. The number of likely N-dealkylation sites (N-methyl/N-ethyl adjacent to an activating group) is 1. The molecule has 0 saturated carbocycles. The van der Waals surface area contributed by atoms with Crippen LogP contribution in [-0.2, 0) is 11.3 Å². The highest BCUT2D eigenvalue weighted by molar-refractivity contribution is 7.22. The van der Waals surface area contributed by atoms with Crippen molar-refractivity contribution in [2.45, 2.75) is 6.54 Å². The molecule has 0 radical (unpaired) electrons. The summed E-state index contributed by atoms with van der Waals surface area (Å²) in [4.78, 5) is 23.4. The Kier molecular flexibility index (Phi) is 6.26. The number of halogens is 1. The minimum absolute atomic E-state index is 0.0364. The highest BCUT2D eigenvalue weighted by Gasteiger charge is 2.23. The van der Waals surface area contributed by atoms with Crippen molar-refractivity contribution in [3.05, 3.63) is 53.8 Å². The van der Waals surface area contributed by atoms with Crippen LogP contribution in [0.25, 0.3) is 10.2 Å². The number of hydrogen-bond acceptors (Lipinski definition) is 6. The van der Waals surface area contributed by atoms with E-state index >= 15 is 0 Å². The largest absolute Gasteiger partial charge is 0.496 e. The fourth-order valence-corrected chi connectivity index (χ4v) is 4.57. The molecule has 0 aliphatic carbocycles. The molecule has 4 rings (SSSR count). The van der Waals surface area contributed by atoms with Gasteiger partial charge < -0.3 is 4.74 Å². The van der Waals surface area contributed by atoms with Crippen molar-refractivity contribution < 1.29 is 13.9 Å². The Morgan fingerprint density at radius 3 is 2.63 bits per heavy atom. The fraction of sp³-hybridized carbons (Fsp3) is 0.364. The van der Waals surface area contributed by atoms with Gasteiger partial charge in [-0.3, -0.25) is 19.5 Å². The SMILES string of the molecule is COc1ccc(F)cc1CN1CCN(CC(=O)N(C)c2nc3ccccc3s2)CC1. The first-order valence-corrected chi connectivity index (χ1v) is 10.7. The Labute approximate surface area is 179 Å². The number of amides is 1. The van der Waals surface area contributed by atoms with Crippen molar-refractivity contribution >= 4 is 32.6 Å². The molecular weight excluding hydrogens is 403 g/mol. The predicted molar refractivity (Wildman–Crippen MR) is 118 cm³/mol. The van der Waals surface area contributed by atoms with E-state index in [2.05, 4.69) is 14.8 Å². The molecule has 1 aliphatic heterocycles. The summed E-state index contributed by atoms with van der Waals surface area (Å²) in [5.74, 6) is 0.480. The van der Waals surface area contributed by atoms with Crippen LogP contribution in [0.3, 0.4) is 0 Å². The van der Waals surface area contributed by atoms with Crippen molar-refractivity contribution in [2.24, 2.45) is 0 Å². The van der Waals surface area contributed by atoms with Crippen LogP contribution >= 0.6 is 11.3 Å². The second kappa shape index (κ2) is 9.07. The third kappa shape index (κ3) is 4.61. The summed E-state index contributed by atoms with van der Waals surface area (Å²) in [5.41, 5.74) is 1.76. The molecule has 0 bridgehead atoms. The summed E-state index contributed by atoms with van der Waals surface area (Å²) < 4.78 is 20.0. The Balaban J connectivity index is 1.31. The zero-order valence-electron chi connectivity index (χ0n) is 17.2. The summed E-state index contributed by atoms with van der Waals surface area (Å²) >= 11 is 1.53. The van der Waals surface area contributed by atoms with Gasteiger partial charge in [-0.1, -0.05) is 23.5 Å². The number of fused-ring (bicyclic) bond motifs is 1. The number of nitrogens with zero attached hydrogens (tertiary/aromatic N) is 4. The predicted octanol–water partition coefficient (Wildman–Crippen LogP) is 3.22. The smallest absolute Gasteiger partial charge is 0.242 e. The minimum Gasteiger partial charge on any atom is -0.496 e. The number of hydrogen-bond donors (Lipinski definition) is 0. The number of methoxy groups -OCH3 is 1. The van der Waals surface area contributed by atoms with Gasteiger partial charge in [0.25, 0.3) is 0 Å². The number of carbonyl (C=O) groups excluding carboxylic acids is 1. The molecule has 1 saturated heterocycles. The maximum Gasteiger partial charge on any atom is 0.242 e. The number of thiazole rings is 1. The molecule has 0 N–H and O–H groups in total. The number of piperazine rings is 1. The Hall–Kier alpha value is -2.55. The lowest BCUT2D eigenvalue weighted by atomic mass is 10.1. The third-order valence-corrected chi connectivity index (χ3v) is 6.52. The number of rotatable bonds is 6. The van der Waals surface area contributed by atoms with E-state index in [0.717, 1.165) is 47.1 Å². The molecule has 0 atom stereocenters. The van der Waals surface area contributed by atoms with Crippen LogP contribution < -0.4 is 9.64 Å². The molecule has 2 heterocycles. The molecule has 0 spiro atoms. The van der Waals surface area contributed by atoms with Crippen LogP contribution in [0.4, 0.5) is 9.52 Å². The second-order valence-electron chi connectivity index (χ2n) is 7.43. The summed E-state index contributed by atoms with van der Waals surface area (Å²) in [5, 5.41) is 0.720. The molecule has 1 aliphatic rings. The molecule has 0 unspecified atom stereocenters. The van der Waals surface area contributed by atoms with Gasteiger partial charge in [0.2, 0.25) is 5.91 Å². The topological polar surface area (TPSA) is 48.9 Å². The van der Waals surface area contributed by atoms with Crippen molar-refractivity contribution in [1.29, 1.82) is 0 Å². The molecule has 6 nitrogen and oxygen atoms in total. The third-order valence-electron chi connectivity index (χ3n) is 5.40. The first kappa shape index (κ1) is 20.7.